The molecular formula is C26H26N2O2. The number of anilines is 1. The molecule has 30 heavy (non-hydrogen) atoms. The van der Waals surface area contributed by atoms with Crippen molar-refractivity contribution < 1.29 is 9.21 Å². The van der Waals surface area contributed by atoms with Gasteiger partial charge in [0.1, 0.15) is 5.52 Å². The lowest BCUT2D eigenvalue weighted by atomic mass is 10.0. The zero-order valence-corrected chi connectivity index (χ0v) is 17.8. The Morgan fingerprint density at radius 3 is 2.37 bits per heavy atom. The van der Waals surface area contributed by atoms with Crippen LogP contribution in [0.15, 0.2) is 65.1 Å². The van der Waals surface area contributed by atoms with Crippen molar-refractivity contribution in [1.29, 1.82) is 0 Å². The van der Waals surface area contributed by atoms with Crippen LogP contribution in [0.3, 0.4) is 0 Å². The van der Waals surface area contributed by atoms with E-state index in [9.17, 15) is 4.79 Å². The van der Waals surface area contributed by atoms with Gasteiger partial charge in [0.2, 0.25) is 0 Å². The van der Waals surface area contributed by atoms with E-state index in [0.717, 1.165) is 27.9 Å². The van der Waals surface area contributed by atoms with Gasteiger partial charge in [-0.1, -0.05) is 44.2 Å². The molecule has 0 saturated heterocycles. The summed E-state index contributed by atoms with van der Waals surface area (Å²) < 4.78 is 5.96. The van der Waals surface area contributed by atoms with Gasteiger partial charge in [-0.2, -0.15) is 0 Å². The molecule has 4 heteroatoms. The van der Waals surface area contributed by atoms with Crippen LogP contribution in [0.5, 0.6) is 0 Å². The number of nitrogens with zero attached hydrogens (tertiary/aromatic N) is 1. The number of fused-ring (bicyclic) bond motifs is 1. The smallest absolute Gasteiger partial charge is 0.255 e. The number of carbonyl (C=O) groups is 1. The highest BCUT2D eigenvalue weighted by molar-refractivity contribution is 6.04. The van der Waals surface area contributed by atoms with Crippen molar-refractivity contribution in [2.24, 2.45) is 0 Å². The van der Waals surface area contributed by atoms with Crippen molar-refractivity contribution in [3.63, 3.8) is 0 Å². The lowest BCUT2D eigenvalue weighted by Gasteiger charge is -2.08. The molecular weight excluding hydrogens is 372 g/mol. The average Bonchev–Trinajstić information content (AvgIpc) is 3.12. The van der Waals surface area contributed by atoms with E-state index in [0.29, 0.717) is 23.8 Å². The van der Waals surface area contributed by atoms with E-state index in [4.69, 9.17) is 4.42 Å². The first kappa shape index (κ1) is 19.9. The van der Waals surface area contributed by atoms with Gasteiger partial charge >= 0.3 is 0 Å². The minimum absolute atomic E-state index is 0.108. The maximum Gasteiger partial charge on any atom is 0.255 e. The number of aryl methyl sites for hydroxylation is 2. The summed E-state index contributed by atoms with van der Waals surface area (Å²) >= 11 is 0. The van der Waals surface area contributed by atoms with E-state index < -0.39 is 0 Å². The van der Waals surface area contributed by atoms with Gasteiger partial charge in [-0.3, -0.25) is 4.79 Å². The largest absolute Gasteiger partial charge is 0.440 e. The predicted octanol–water partition coefficient (Wildman–Crippen LogP) is 6.41. The van der Waals surface area contributed by atoms with Crippen LogP contribution in [-0.2, 0) is 6.42 Å². The Hall–Kier alpha value is -3.40. The molecule has 0 spiro atoms. The van der Waals surface area contributed by atoms with Crippen LogP contribution >= 0.6 is 0 Å². The number of aromatic nitrogens is 1. The maximum atomic E-state index is 12.5. The second kappa shape index (κ2) is 8.15. The third kappa shape index (κ3) is 4.28. The molecule has 0 radical (unpaired) electrons. The van der Waals surface area contributed by atoms with Crippen molar-refractivity contribution in [1.82, 2.24) is 4.98 Å². The van der Waals surface area contributed by atoms with E-state index in [-0.39, 0.29) is 5.91 Å². The number of hydrogen-bond donors (Lipinski definition) is 1. The first-order valence-corrected chi connectivity index (χ1v) is 10.3. The van der Waals surface area contributed by atoms with E-state index in [1.54, 1.807) is 0 Å². The summed E-state index contributed by atoms with van der Waals surface area (Å²) in [4.78, 5) is 17.1. The first-order chi connectivity index (χ1) is 14.4. The summed E-state index contributed by atoms with van der Waals surface area (Å²) in [6.45, 7) is 8.38. The Morgan fingerprint density at radius 2 is 1.70 bits per heavy atom. The van der Waals surface area contributed by atoms with Gasteiger partial charge in [-0.05, 0) is 72.4 Å². The fourth-order valence-electron chi connectivity index (χ4n) is 3.60. The maximum absolute atomic E-state index is 12.5. The van der Waals surface area contributed by atoms with Crippen molar-refractivity contribution in [3.05, 3.63) is 94.4 Å². The minimum atomic E-state index is -0.108. The lowest BCUT2D eigenvalue weighted by molar-refractivity contribution is 0.102. The standard InChI is InChI=1S/C26H26N2O2/c1-16(2)20-7-9-21(10-8-20)26(29)27-22-11-5-19(6-12-22)15-24-28-23-14-17(3)13-18(4)25(23)30-24/h5-14,16H,15H2,1-4H3,(H,27,29). The molecule has 1 N–H and O–H groups in total. The molecule has 4 nitrogen and oxygen atoms in total. The number of hydrogen-bond acceptors (Lipinski definition) is 3. The number of oxazole rings is 1. The fourth-order valence-corrected chi connectivity index (χ4v) is 3.60. The monoisotopic (exact) mass is 398 g/mol. The summed E-state index contributed by atoms with van der Waals surface area (Å²) in [5.74, 6) is 1.03. The molecule has 1 amide bonds. The van der Waals surface area contributed by atoms with E-state index in [1.165, 1.54) is 11.1 Å². The van der Waals surface area contributed by atoms with Crippen molar-refractivity contribution in [2.75, 3.05) is 5.32 Å². The topological polar surface area (TPSA) is 55.1 Å². The molecule has 1 aromatic heterocycles. The quantitative estimate of drug-likeness (QED) is 0.422. The average molecular weight is 399 g/mol. The lowest BCUT2D eigenvalue weighted by Crippen LogP contribution is -2.11. The summed E-state index contributed by atoms with van der Waals surface area (Å²) in [6.07, 6.45) is 0.609. The van der Waals surface area contributed by atoms with Gasteiger partial charge in [-0.15, -0.1) is 0 Å². The van der Waals surface area contributed by atoms with Crippen molar-refractivity contribution >= 4 is 22.7 Å². The van der Waals surface area contributed by atoms with Gasteiger partial charge in [0.05, 0.1) is 0 Å². The summed E-state index contributed by atoms with van der Waals surface area (Å²) in [7, 11) is 0. The third-order valence-corrected chi connectivity index (χ3v) is 5.27. The molecule has 4 rings (SSSR count). The molecule has 0 bridgehead atoms. The number of benzene rings is 3. The Balaban J connectivity index is 1.44. The zero-order chi connectivity index (χ0) is 21.3. The van der Waals surface area contributed by atoms with E-state index in [2.05, 4.69) is 37.1 Å². The molecule has 0 unspecified atom stereocenters. The summed E-state index contributed by atoms with van der Waals surface area (Å²) in [5.41, 5.74) is 7.75. The van der Waals surface area contributed by atoms with Crippen LogP contribution in [0.2, 0.25) is 0 Å². The molecule has 0 atom stereocenters. The van der Waals surface area contributed by atoms with Gasteiger partial charge in [0, 0.05) is 17.7 Å². The Labute approximate surface area is 177 Å². The molecule has 0 aliphatic heterocycles. The van der Waals surface area contributed by atoms with E-state index in [1.807, 2.05) is 61.5 Å². The van der Waals surface area contributed by atoms with Gasteiger partial charge in [0.25, 0.3) is 5.91 Å². The molecule has 3 aromatic carbocycles. The molecule has 0 aliphatic carbocycles. The normalized spacial score (nSPS) is 11.2. The number of rotatable bonds is 5. The number of carbonyl (C=O) groups excluding carboxylic acids is 1. The Kier molecular flexibility index (Phi) is 5.40. The predicted molar refractivity (Wildman–Crippen MR) is 121 cm³/mol. The van der Waals surface area contributed by atoms with Crippen LogP contribution in [0, 0.1) is 13.8 Å². The highest BCUT2D eigenvalue weighted by atomic mass is 16.3. The fraction of sp³-hybridized carbons (Fsp3) is 0.231. The van der Waals surface area contributed by atoms with Crippen LogP contribution < -0.4 is 5.32 Å². The van der Waals surface area contributed by atoms with Crippen molar-refractivity contribution in [3.8, 4) is 0 Å². The van der Waals surface area contributed by atoms with Crippen LogP contribution in [-0.4, -0.2) is 10.9 Å². The number of nitrogens with one attached hydrogen (secondary N) is 1. The number of amides is 1. The van der Waals surface area contributed by atoms with Gasteiger partial charge in [-0.25, -0.2) is 4.98 Å². The zero-order valence-electron chi connectivity index (χ0n) is 17.8. The van der Waals surface area contributed by atoms with Crippen LogP contribution in [0.25, 0.3) is 11.1 Å². The molecule has 0 saturated carbocycles. The second-order valence-electron chi connectivity index (χ2n) is 8.14. The van der Waals surface area contributed by atoms with Gasteiger partial charge in [0.15, 0.2) is 11.5 Å². The molecule has 152 valence electrons. The minimum Gasteiger partial charge on any atom is -0.440 e. The van der Waals surface area contributed by atoms with Crippen molar-refractivity contribution in [2.45, 2.75) is 40.0 Å². The highest BCUT2D eigenvalue weighted by Gasteiger charge is 2.11. The molecule has 0 fully saturated rings. The van der Waals surface area contributed by atoms with Crippen LogP contribution in [0.4, 0.5) is 5.69 Å². The SMILES string of the molecule is Cc1cc(C)c2oc(Cc3ccc(NC(=O)c4ccc(C(C)C)cc4)cc3)nc2c1. The summed E-state index contributed by atoms with van der Waals surface area (Å²) in [6, 6.07) is 19.7. The Morgan fingerprint density at radius 1 is 1.00 bits per heavy atom. The molecule has 4 aromatic rings. The first-order valence-electron chi connectivity index (χ1n) is 10.3. The molecule has 0 aliphatic rings. The van der Waals surface area contributed by atoms with E-state index >= 15 is 0 Å². The highest BCUT2D eigenvalue weighted by Crippen LogP contribution is 2.23. The second-order valence-corrected chi connectivity index (χ2v) is 8.14. The molecule has 1 heterocycles. The van der Waals surface area contributed by atoms with Crippen LogP contribution in [0.1, 0.15) is 58.3 Å². The third-order valence-electron chi connectivity index (χ3n) is 5.27. The Bertz CT molecular complexity index is 1190. The van der Waals surface area contributed by atoms with Gasteiger partial charge < -0.3 is 9.73 Å². The summed E-state index contributed by atoms with van der Waals surface area (Å²) in [5, 5.41) is 2.96.